The van der Waals surface area contributed by atoms with Crippen LogP contribution in [0.4, 0.5) is 0 Å². The van der Waals surface area contributed by atoms with Crippen molar-refractivity contribution in [3.63, 3.8) is 0 Å². The van der Waals surface area contributed by atoms with Gasteiger partial charge in [-0.15, -0.1) is 0 Å². The van der Waals surface area contributed by atoms with E-state index in [2.05, 4.69) is 0 Å². The van der Waals surface area contributed by atoms with Crippen molar-refractivity contribution in [1.29, 1.82) is 0 Å². The van der Waals surface area contributed by atoms with Crippen molar-refractivity contribution >= 4 is 5.91 Å². The van der Waals surface area contributed by atoms with Crippen molar-refractivity contribution in [3.05, 3.63) is 0 Å². The zero-order valence-electron chi connectivity index (χ0n) is 11.1. The van der Waals surface area contributed by atoms with Crippen LogP contribution in [-0.4, -0.2) is 42.2 Å². The number of aliphatic hydroxyl groups is 1. The van der Waals surface area contributed by atoms with E-state index in [-0.39, 0.29) is 17.9 Å². The number of nitrogens with zero attached hydrogens (tertiary/aromatic N) is 1. The van der Waals surface area contributed by atoms with Gasteiger partial charge in [-0.1, -0.05) is 13.8 Å². The zero-order chi connectivity index (χ0) is 12.9. The lowest BCUT2D eigenvalue weighted by Crippen LogP contribution is -2.50. The molecule has 0 radical (unpaired) electrons. The first-order valence-electron chi connectivity index (χ1n) is 6.73. The number of carbonyl (C=O) groups excluding carboxylic acids is 1. The van der Waals surface area contributed by atoms with Crippen LogP contribution in [-0.2, 0) is 4.79 Å². The molecule has 3 N–H and O–H groups in total. The highest BCUT2D eigenvalue weighted by Crippen LogP contribution is 2.29. The predicted octanol–water partition coefficient (Wildman–Crippen LogP) is 0.982. The Morgan fingerprint density at radius 3 is 2.24 bits per heavy atom. The number of likely N-dealkylation sites (tertiary alicyclic amines) is 1. The maximum Gasteiger partial charge on any atom is 0.230 e. The molecule has 0 aromatic rings. The molecule has 1 heterocycles. The van der Waals surface area contributed by atoms with Gasteiger partial charge in [-0.05, 0) is 31.6 Å². The summed E-state index contributed by atoms with van der Waals surface area (Å²) in [7, 11) is 0. The van der Waals surface area contributed by atoms with E-state index in [4.69, 9.17) is 10.8 Å². The number of rotatable bonds is 5. The van der Waals surface area contributed by atoms with Gasteiger partial charge < -0.3 is 15.7 Å². The van der Waals surface area contributed by atoms with Crippen LogP contribution in [0.1, 0.15) is 39.5 Å². The average molecular weight is 242 g/mol. The largest absolute Gasteiger partial charge is 0.396 e. The summed E-state index contributed by atoms with van der Waals surface area (Å²) in [5.41, 5.74) is 5.43. The molecule has 0 spiro atoms. The van der Waals surface area contributed by atoms with Crippen LogP contribution >= 0.6 is 0 Å². The number of hydrogen-bond acceptors (Lipinski definition) is 3. The minimum atomic E-state index is -0.369. The second kappa shape index (κ2) is 6.36. The third kappa shape index (κ3) is 2.99. The van der Waals surface area contributed by atoms with Crippen LogP contribution in [0.2, 0.25) is 0 Å². The van der Waals surface area contributed by atoms with Gasteiger partial charge in [-0.25, -0.2) is 0 Å². The normalized spacial score (nSPS) is 18.5. The van der Waals surface area contributed by atoms with Crippen molar-refractivity contribution < 1.29 is 9.90 Å². The van der Waals surface area contributed by atoms with E-state index >= 15 is 0 Å². The van der Waals surface area contributed by atoms with Gasteiger partial charge in [0.2, 0.25) is 5.91 Å². The topological polar surface area (TPSA) is 66.6 Å². The first kappa shape index (κ1) is 14.5. The predicted molar refractivity (Wildman–Crippen MR) is 68.5 cm³/mol. The van der Waals surface area contributed by atoms with Gasteiger partial charge in [0.05, 0.1) is 5.41 Å². The Bertz CT molecular complexity index is 236. The second-order valence-corrected chi connectivity index (χ2v) is 5.11. The number of piperidine rings is 1. The lowest BCUT2D eigenvalue weighted by atomic mass is 9.80. The zero-order valence-corrected chi connectivity index (χ0v) is 11.1. The van der Waals surface area contributed by atoms with Crippen LogP contribution in [0.15, 0.2) is 0 Å². The van der Waals surface area contributed by atoms with Crippen LogP contribution in [0.5, 0.6) is 0 Å². The Balaban J connectivity index is 2.64. The Labute approximate surface area is 104 Å². The minimum Gasteiger partial charge on any atom is -0.396 e. The van der Waals surface area contributed by atoms with Gasteiger partial charge in [0.25, 0.3) is 0 Å². The molecule has 0 saturated carbocycles. The smallest absolute Gasteiger partial charge is 0.230 e. The van der Waals surface area contributed by atoms with Crippen molar-refractivity contribution in [1.82, 2.24) is 4.90 Å². The molecule has 0 atom stereocenters. The Morgan fingerprint density at radius 2 is 1.88 bits per heavy atom. The first-order valence-corrected chi connectivity index (χ1v) is 6.73. The summed E-state index contributed by atoms with van der Waals surface area (Å²) in [6.45, 7) is 6.28. The highest BCUT2D eigenvalue weighted by atomic mass is 16.3. The SMILES string of the molecule is CCC(CC)(CN)C(=O)N1CCC(CO)CC1. The van der Waals surface area contributed by atoms with Crippen LogP contribution in [0.25, 0.3) is 0 Å². The molecule has 100 valence electrons. The summed E-state index contributed by atoms with van der Waals surface area (Å²) >= 11 is 0. The van der Waals surface area contributed by atoms with Gasteiger partial charge in [-0.3, -0.25) is 4.79 Å². The Hall–Kier alpha value is -0.610. The monoisotopic (exact) mass is 242 g/mol. The molecule has 4 heteroatoms. The average Bonchev–Trinajstić information content (AvgIpc) is 2.41. The van der Waals surface area contributed by atoms with Gasteiger partial charge in [-0.2, -0.15) is 0 Å². The number of nitrogens with two attached hydrogens (primary N) is 1. The summed E-state index contributed by atoms with van der Waals surface area (Å²) in [6.07, 6.45) is 3.43. The van der Waals surface area contributed by atoms with Crippen molar-refractivity contribution in [2.45, 2.75) is 39.5 Å². The molecule has 0 aromatic carbocycles. The standard InChI is InChI=1S/C13H26N2O2/c1-3-13(4-2,10-14)12(17)15-7-5-11(9-16)6-8-15/h11,16H,3-10,14H2,1-2H3. The maximum atomic E-state index is 12.5. The summed E-state index contributed by atoms with van der Waals surface area (Å²) in [6, 6.07) is 0. The fourth-order valence-electron chi connectivity index (χ4n) is 2.58. The Kier molecular flexibility index (Phi) is 5.40. The van der Waals surface area contributed by atoms with Crippen molar-refractivity contribution in [2.24, 2.45) is 17.1 Å². The maximum absolute atomic E-state index is 12.5. The van der Waals surface area contributed by atoms with E-state index in [1.807, 2.05) is 18.7 Å². The molecule has 1 aliphatic rings. The van der Waals surface area contributed by atoms with E-state index in [1.54, 1.807) is 0 Å². The molecule has 1 rings (SSSR count). The molecule has 0 aliphatic carbocycles. The number of carbonyl (C=O) groups is 1. The number of amides is 1. The van der Waals surface area contributed by atoms with Crippen molar-refractivity contribution in [3.8, 4) is 0 Å². The third-order valence-electron chi connectivity index (χ3n) is 4.36. The molecule has 0 bridgehead atoms. The van der Waals surface area contributed by atoms with E-state index in [0.717, 1.165) is 38.8 Å². The van der Waals surface area contributed by atoms with Gasteiger partial charge >= 0.3 is 0 Å². The molecule has 17 heavy (non-hydrogen) atoms. The summed E-state index contributed by atoms with van der Waals surface area (Å²) in [4.78, 5) is 14.4. The van der Waals surface area contributed by atoms with E-state index in [0.29, 0.717) is 12.5 Å². The quantitative estimate of drug-likeness (QED) is 0.755. The molecule has 1 fully saturated rings. The lowest BCUT2D eigenvalue weighted by Gasteiger charge is -2.38. The molecular weight excluding hydrogens is 216 g/mol. The Morgan fingerprint density at radius 1 is 1.35 bits per heavy atom. The minimum absolute atomic E-state index is 0.210. The molecule has 0 aromatic heterocycles. The van der Waals surface area contributed by atoms with Gasteiger partial charge in [0.1, 0.15) is 0 Å². The third-order valence-corrected chi connectivity index (χ3v) is 4.36. The van der Waals surface area contributed by atoms with Crippen molar-refractivity contribution in [2.75, 3.05) is 26.2 Å². The highest BCUT2D eigenvalue weighted by Gasteiger charge is 2.37. The van der Waals surface area contributed by atoms with E-state index in [1.165, 1.54) is 0 Å². The van der Waals surface area contributed by atoms with Crippen LogP contribution in [0, 0.1) is 11.3 Å². The summed E-state index contributed by atoms with van der Waals surface area (Å²) in [5.74, 6) is 0.580. The van der Waals surface area contributed by atoms with Crippen LogP contribution in [0.3, 0.4) is 0 Å². The molecule has 4 nitrogen and oxygen atoms in total. The second-order valence-electron chi connectivity index (χ2n) is 5.11. The van der Waals surface area contributed by atoms with Gasteiger partial charge in [0.15, 0.2) is 0 Å². The first-order chi connectivity index (χ1) is 8.13. The molecule has 0 unspecified atom stereocenters. The molecule has 1 aliphatic heterocycles. The fraction of sp³-hybridized carbons (Fsp3) is 0.923. The molecular formula is C13H26N2O2. The molecule has 1 amide bonds. The fourth-order valence-corrected chi connectivity index (χ4v) is 2.58. The lowest BCUT2D eigenvalue weighted by molar-refractivity contribution is -0.143. The summed E-state index contributed by atoms with van der Waals surface area (Å²) in [5, 5.41) is 9.09. The van der Waals surface area contributed by atoms with E-state index < -0.39 is 0 Å². The summed E-state index contributed by atoms with van der Waals surface area (Å²) < 4.78 is 0. The molecule has 1 saturated heterocycles. The van der Waals surface area contributed by atoms with Gasteiger partial charge in [0, 0.05) is 26.2 Å². The number of aliphatic hydroxyl groups excluding tert-OH is 1. The van der Waals surface area contributed by atoms with Crippen LogP contribution < -0.4 is 5.73 Å². The van der Waals surface area contributed by atoms with E-state index in [9.17, 15) is 4.79 Å². The number of hydrogen-bond donors (Lipinski definition) is 2. The highest BCUT2D eigenvalue weighted by molar-refractivity contribution is 5.83.